The maximum atomic E-state index is 5.91. The summed E-state index contributed by atoms with van der Waals surface area (Å²) in [5.74, 6) is 0.450. The third-order valence-electron chi connectivity index (χ3n) is 4.79. The highest BCUT2D eigenvalue weighted by atomic mass is 32.1. The van der Waals surface area contributed by atoms with Crippen LogP contribution in [0.1, 0.15) is 35.6 Å². The van der Waals surface area contributed by atoms with Crippen molar-refractivity contribution in [2.45, 2.75) is 37.0 Å². The number of pyridine rings is 1. The van der Waals surface area contributed by atoms with E-state index in [2.05, 4.69) is 79.2 Å². The number of fused-ring (bicyclic) bond motifs is 1. The maximum absolute atomic E-state index is 5.91. The number of hydrogen-bond donors (Lipinski definition) is 2. The van der Waals surface area contributed by atoms with Crippen molar-refractivity contribution >= 4 is 23.5 Å². The normalized spacial score (nSPS) is 20.6. The molecule has 3 nitrogen and oxygen atoms in total. The third kappa shape index (κ3) is 3.43. The van der Waals surface area contributed by atoms with Gasteiger partial charge in [0.05, 0.1) is 5.52 Å². The Bertz CT molecular complexity index is 897. The molecule has 1 aromatic heterocycles. The molecule has 1 aliphatic heterocycles. The van der Waals surface area contributed by atoms with Crippen LogP contribution < -0.4 is 5.32 Å². The average molecular weight is 350 g/mol. The molecule has 1 fully saturated rings. The first-order chi connectivity index (χ1) is 12.1. The van der Waals surface area contributed by atoms with Gasteiger partial charge in [-0.1, -0.05) is 37.3 Å². The summed E-state index contributed by atoms with van der Waals surface area (Å²) in [4.78, 5) is 5.40. The van der Waals surface area contributed by atoms with Gasteiger partial charge in [-0.25, -0.2) is 0 Å². The van der Waals surface area contributed by atoms with Gasteiger partial charge in [0.2, 0.25) is 0 Å². The fourth-order valence-electron chi connectivity index (χ4n) is 3.34. The van der Waals surface area contributed by atoms with Gasteiger partial charge in [-0.15, -0.1) is 12.6 Å². The van der Waals surface area contributed by atoms with Crippen LogP contribution in [-0.4, -0.2) is 17.8 Å². The number of ether oxygens (including phenoxy) is 1. The molecular weight excluding hydrogens is 328 g/mol. The fourth-order valence-corrected chi connectivity index (χ4v) is 3.72. The summed E-state index contributed by atoms with van der Waals surface area (Å²) in [5.41, 5.74) is 4.67. The smallest absolute Gasteiger partial charge is 0.140 e. The van der Waals surface area contributed by atoms with Crippen LogP contribution in [0, 0.1) is 6.92 Å². The van der Waals surface area contributed by atoms with E-state index in [1.165, 1.54) is 16.7 Å². The monoisotopic (exact) mass is 350 g/mol. The Morgan fingerprint density at radius 3 is 2.80 bits per heavy atom. The number of epoxide rings is 1. The summed E-state index contributed by atoms with van der Waals surface area (Å²) >= 11 is 4.57. The number of hydrogen-bond acceptors (Lipinski definition) is 4. The van der Waals surface area contributed by atoms with Crippen molar-refractivity contribution in [3.8, 4) is 0 Å². The second-order valence-corrected chi connectivity index (χ2v) is 7.26. The van der Waals surface area contributed by atoms with Gasteiger partial charge in [0, 0.05) is 23.0 Å². The summed E-state index contributed by atoms with van der Waals surface area (Å²) < 4.78 is 5.91. The molecule has 3 aromatic rings. The summed E-state index contributed by atoms with van der Waals surface area (Å²) in [6.07, 6.45) is 2.00. The van der Waals surface area contributed by atoms with Crippen LogP contribution in [0.5, 0.6) is 0 Å². The summed E-state index contributed by atoms with van der Waals surface area (Å²) in [5, 5.41) is 4.67. The largest absolute Gasteiger partial charge is 0.348 e. The first kappa shape index (κ1) is 16.6. The molecule has 0 saturated carbocycles. The number of thiol groups is 1. The van der Waals surface area contributed by atoms with E-state index in [0.717, 1.165) is 22.3 Å². The standard InChI is InChI=1S/C21H22N2OS/c1-13-10-17-16(8-9-22-19(17)18(25)11-13)20-21(24-20)23-12-14(2)15-6-4-3-5-7-15/h3-11,14,20-21,23,25H,12H2,1-2H3. The minimum atomic E-state index is 0.0700. The average Bonchev–Trinajstić information content (AvgIpc) is 3.39. The molecule has 128 valence electrons. The fraction of sp³-hybridized carbons (Fsp3) is 0.286. The molecule has 0 bridgehead atoms. The molecule has 2 aromatic carbocycles. The number of aryl methyl sites for hydroxylation is 1. The lowest BCUT2D eigenvalue weighted by Gasteiger charge is -2.12. The highest BCUT2D eigenvalue weighted by Crippen LogP contribution is 2.41. The first-order valence-corrected chi connectivity index (χ1v) is 9.10. The molecule has 25 heavy (non-hydrogen) atoms. The van der Waals surface area contributed by atoms with E-state index < -0.39 is 0 Å². The Hall–Kier alpha value is -1.88. The minimum Gasteiger partial charge on any atom is -0.348 e. The van der Waals surface area contributed by atoms with Crippen molar-refractivity contribution in [3.63, 3.8) is 0 Å². The molecule has 4 heteroatoms. The number of rotatable bonds is 5. The Kier molecular flexibility index (Phi) is 4.50. The van der Waals surface area contributed by atoms with Crippen LogP contribution in [0.25, 0.3) is 10.9 Å². The van der Waals surface area contributed by atoms with Crippen molar-refractivity contribution in [2.75, 3.05) is 6.54 Å². The molecule has 1 saturated heterocycles. The Balaban J connectivity index is 1.48. The summed E-state index contributed by atoms with van der Waals surface area (Å²) in [6.45, 7) is 5.21. The van der Waals surface area contributed by atoms with E-state index >= 15 is 0 Å². The van der Waals surface area contributed by atoms with Crippen LogP contribution in [0.2, 0.25) is 0 Å². The molecule has 0 aliphatic carbocycles. The van der Waals surface area contributed by atoms with Crippen molar-refractivity contribution in [3.05, 3.63) is 71.4 Å². The van der Waals surface area contributed by atoms with Crippen LogP contribution in [0.15, 0.2) is 59.6 Å². The summed E-state index contributed by atoms with van der Waals surface area (Å²) in [6, 6.07) is 16.8. The second-order valence-electron chi connectivity index (χ2n) is 6.78. The van der Waals surface area contributed by atoms with E-state index in [0.29, 0.717) is 5.92 Å². The highest BCUT2D eigenvalue weighted by molar-refractivity contribution is 7.80. The Morgan fingerprint density at radius 2 is 2.00 bits per heavy atom. The molecule has 0 radical (unpaired) electrons. The molecule has 1 N–H and O–H groups in total. The SMILES string of the molecule is Cc1cc(S)c2nccc(C3OC3NCC(C)c3ccccc3)c2c1. The molecule has 3 unspecified atom stereocenters. The lowest BCUT2D eigenvalue weighted by Crippen LogP contribution is -2.23. The molecule has 3 atom stereocenters. The van der Waals surface area contributed by atoms with Gasteiger partial charge >= 0.3 is 0 Å². The van der Waals surface area contributed by atoms with Crippen LogP contribution >= 0.6 is 12.6 Å². The lowest BCUT2D eigenvalue weighted by atomic mass is 10.0. The van der Waals surface area contributed by atoms with Gasteiger partial charge in [0.15, 0.2) is 0 Å². The Morgan fingerprint density at radius 1 is 1.20 bits per heavy atom. The number of benzene rings is 2. The maximum Gasteiger partial charge on any atom is 0.140 e. The van der Waals surface area contributed by atoms with Crippen molar-refractivity contribution in [2.24, 2.45) is 0 Å². The first-order valence-electron chi connectivity index (χ1n) is 8.65. The van der Waals surface area contributed by atoms with Crippen LogP contribution in [0.4, 0.5) is 0 Å². The number of nitrogens with zero attached hydrogens (tertiary/aromatic N) is 1. The second kappa shape index (κ2) is 6.79. The van der Waals surface area contributed by atoms with E-state index in [-0.39, 0.29) is 12.3 Å². The van der Waals surface area contributed by atoms with Crippen molar-refractivity contribution in [1.29, 1.82) is 0 Å². The molecule has 1 aliphatic rings. The molecule has 4 rings (SSSR count). The molecule has 0 spiro atoms. The van der Waals surface area contributed by atoms with Gasteiger partial charge in [-0.3, -0.25) is 10.3 Å². The molecular formula is C21H22N2OS. The van der Waals surface area contributed by atoms with Crippen molar-refractivity contribution in [1.82, 2.24) is 10.3 Å². The van der Waals surface area contributed by atoms with Crippen LogP contribution in [-0.2, 0) is 4.74 Å². The van der Waals surface area contributed by atoms with Gasteiger partial charge in [0.25, 0.3) is 0 Å². The van der Waals surface area contributed by atoms with Gasteiger partial charge in [-0.2, -0.15) is 0 Å². The lowest BCUT2D eigenvalue weighted by molar-refractivity contribution is 0.344. The van der Waals surface area contributed by atoms with Gasteiger partial charge in [0.1, 0.15) is 12.3 Å². The molecule has 2 heterocycles. The Labute approximate surface area is 153 Å². The van der Waals surface area contributed by atoms with Crippen LogP contribution in [0.3, 0.4) is 0 Å². The predicted molar refractivity (Wildman–Crippen MR) is 104 cm³/mol. The van der Waals surface area contributed by atoms with E-state index in [9.17, 15) is 0 Å². The number of aromatic nitrogens is 1. The van der Waals surface area contributed by atoms with Crippen molar-refractivity contribution < 1.29 is 4.74 Å². The zero-order valence-corrected chi connectivity index (χ0v) is 15.3. The number of nitrogens with one attached hydrogen (secondary N) is 1. The van der Waals surface area contributed by atoms with Gasteiger partial charge < -0.3 is 4.74 Å². The summed E-state index contributed by atoms with van der Waals surface area (Å²) in [7, 11) is 0. The zero-order chi connectivity index (χ0) is 17.4. The highest BCUT2D eigenvalue weighted by Gasteiger charge is 2.41. The molecule has 0 amide bonds. The minimum absolute atomic E-state index is 0.0700. The zero-order valence-electron chi connectivity index (χ0n) is 14.4. The predicted octanol–water partition coefficient (Wildman–Crippen LogP) is 4.62. The topological polar surface area (TPSA) is 37.5 Å². The van der Waals surface area contributed by atoms with Gasteiger partial charge in [-0.05, 0) is 47.7 Å². The third-order valence-corrected chi connectivity index (χ3v) is 5.14. The van der Waals surface area contributed by atoms with E-state index in [4.69, 9.17) is 4.74 Å². The van der Waals surface area contributed by atoms with E-state index in [1.54, 1.807) is 0 Å². The van der Waals surface area contributed by atoms with E-state index in [1.807, 2.05) is 12.3 Å². The quantitative estimate of drug-likeness (QED) is 0.521.